The molecule has 0 saturated heterocycles. The molecule has 0 atom stereocenters. The predicted octanol–water partition coefficient (Wildman–Crippen LogP) is 4.95. The van der Waals surface area contributed by atoms with Crippen LogP contribution in [0.25, 0.3) is 10.2 Å². The molecule has 0 bridgehead atoms. The van der Waals surface area contributed by atoms with Crippen LogP contribution in [0.3, 0.4) is 0 Å². The smallest absolute Gasteiger partial charge is 0.271 e. The Hall–Kier alpha value is -4.58. The number of nitro benzene ring substituents is 1. The minimum Gasteiger partial charge on any atom is -0.496 e. The summed E-state index contributed by atoms with van der Waals surface area (Å²) in [5, 5.41) is 18.9. The number of carbonyl (C=O) groups is 1. The van der Waals surface area contributed by atoms with Crippen molar-refractivity contribution in [1.29, 1.82) is 0 Å². The number of methoxy groups -OCH3 is 1. The molecule has 4 aromatic rings. The van der Waals surface area contributed by atoms with Crippen molar-refractivity contribution < 1.29 is 19.2 Å². The molecule has 0 fully saturated rings. The molecule has 0 aliphatic heterocycles. The quantitative estimate of drug-likeness (QED) is 0.175. The topological polar surface area (TPSA) is 141 Å². The molecule has 11 nitrogen and oxygen atoms in total. The molecule has 38 heavy (non-hydrogen) atoms. The second-order valence-electron chi connectivity index (χ2n) is 8.53. The Morgan fingerprint density at radius 1 is 1.21 bits per heavy atom. The number of nitrogens with one attached hydrogen (secondary N) is 2. The lowest BCUT2D eigenvalue weighted by Crippen LogP contribution is -2.20. The molecule has 2 aromatic heterocycles. The highest BCUT2D eigenvalue weighted by atomic mass is 32.1. The maximum atomic E-state index is 12.3. The number of hydrazone groups is 1. The maximum absolute atomic E-state index is 12.3. The van der Waals surface area contributed by atoms with Crippen molar-refractivity contribution in [1.82, 2.24) is 9.97 Å². The van der Waals surface area contributed by atoms with Gasteiger partial charge in [-0.05, 0) is 49.4 Å². The van der Waals surface area contributed by atoms with Crippen LogP contribution in [0.4, 0.5) is 17.2 Å². The van der Waals surface area contributed by atoms with Gasteiger partial charge in [-0.25, -0.2) is 9.97 Å². The van der Waals surface area contributed by atoms with Crippen LogP contribution >= 0.6 is 11.3 Å². The summed E-state index contributed by atoms with van der Waals surface area (Å²) in [7, 11) is 1.53. The number of ether oxygens (including phenoxy) is 2. The van der Waals surface area contributed by atoms with E-state index in [1.54, 1.807) is 48.1 Å². The molecule has 2 heterocycles. The standard InChI is InChI=1S/C26H24N6O5S/c1-36-21-12-19(37-14-23(33)30-17-5-4-6-18(11-17)32(34)35)10-9-16(21)13-29-31-25-24-20-7-2-3-8-22(20)38-26(24)28-15-27-25/h4-6,9-13,15H,2-3,7-8,14H2,1H3,(H,30,33)(H,27,28,31)/b29-13+. The number of thiophene rings is 1. The third-order valence-electron chi connectivity index (χ3n) is 6.04. The number of aromatic nitrogens is 2. The summed E-state index contributed by atoms with van der Waals surface area (Å²) in [5.74, 6) is 1.15. The van der Waals surface area contributed by atoms with Gasteiger partial charge >= 0.3 is 0 Å². The van der Waals surface area contributed by atoms with Crippen LogP contribution in [-0.4, -0.2) is 40.7 Å². The molecule has 1 aliphatic rings. The normalized spacial score (nSPS) is 12.8. The summed E-state index contributed by atoms with van der Waals surface area (Å²) in [5.41, 5.74) is 5.28. The van der Waals surface area contributed by atoms with Crippen LogP contribution in [0.15, 0.2) is 53.9 Å². The van der Waals surface area contributed by atoms with Gasteiger partial charge < -0.3 is 14.8 Å². The van der Waals surface area contributed by atoms with E-state index in [-0.39, 0.29) is 12.3 Å². The van der Waals surface area contributed by atoms with Gasteiger partial charge in [0.2, 0.25) is 0 Å². The van der Waals surface area contributed by atoms with Crippen molar-refractivity contribution >= 4 is 50.9 Å². The van der Waals surface area contributed by atoms with Crippen LogP contribution < -0.4 is 20.2 Å². The highest BCUT2D eigenvalue weighted by Crippen LogP contribution is 2.38. The molecule has 1 aliphatic carbocycles. The van der Waals surface area contributed by atoms with E-state index in [9.17, 15) is 14.9 Å². The van der Waals surface area contributed by atoms with Crippen LogP contribution in [0, 0.1) is 10.1 Å². The lowest BCUT2D eigenvalue weighted by Gasteiger charge is -2.11. The number of amides is 1. The number of carbonyl (C=O) groups excluding carboxylic acids is 1. The van der Waals surface area contributed by atoms with Gasteiger partial charge in [0.1, 0.15) is 22.7 Å². The average Bonchev–Trinajstić information content (AvgIpc) is 3.32. The number of nitro groups is 1. The van der Waals surface area contributed by atoms with E-state index in [2.05, 4.69) is 25.8 Å². The third kappa shape index (κ3) is 5.54. The van der Waals surface area contributed by atoms with E-state index in [0.717, 1.165) is 23.1 Å². The predicted molar refractivity (Wildman–Crippen MR) is 145 cm³/mol. The Bertz CT molecular complexity index is 1540. The molecular formula is C26H24N6O5S. The van der Waals surface area contributed by atoms with Gasteiger partial charge in [-0.2, -0.15) is 5.10 Å². The molecule has 0 saturated carbocycles. The van der Waals surface area contributed by atoms with Crippen molar-refractivity contribution in [3.8, 4) is 11.5 Å². The van der Waals surface area contributed by atoms with E-state index >= 15 is 0 Å². The number of hydrogen-bond acceptors (Lipinski definition) is 10. The third-order valence-corrected chi connectivity index (χ3v) is 7.24. The minimum atomic E-state index is -0.526. The summed E-state index contributed by atoms with van der Waals surface area (Å²) in [4.78, 5) is 33.8. The largest absolute Gasteiger partial charge is 0.496 e. The summed E-state index contributed by atoms with van der Waals surface area (Å²) >= 11 is 1.73. The zero-order chi connectivity index (χ0) is 26.5. The number of fused-ring (bicyclic) bond motifs is 3. The van der Waals surface area contributed by atoms with E-state index in [4.69, 9.17) is 9.47 Å². The fraction of sp³-hybridized carbons (Fsp3) is 0.231. The number of aryl methyl sites for hydroxylation is 2. The summed E-state index contributed by atoms with van der Waals surface area (Å²) in [6.45, 7) is -0.282. The number of nitrogens with zero attached hydrogens (tertiary/aromatic N) is 4. The first kappa shape index (κ1) is 25.1. The van der Waals surface area contributed by atoms with E-state index in [1.165, 1.54) is 48.6 Å². The van der Waals surface area contributed by atoms with Gasteiger partial charge in [-0.15, -0.1) is 11.3 Å². The molecule has 5 rings (SSSR count). The lowest BCUT2D eigenvalue weighted by molar-refractivity contribution is -0.384. The first-order valence-corrected chi connectivity index (χ1v) is 12.7. The molecule has 2 aromatic carbocycles. The van der Waals surface area contributed by atoms with Gasteiger partial charge in [-0.3, -0.25) is 20.3 Å². The second kappa shape index (κ2) is 11.2. The summed E-state index contributed by atoms with van der Waals surface area (Å²) in [6.07, 6.45) is 7.66. The van der Waals surface area contributed by atoms with Gasteiger partial charge in [-0.1, -0.05) is 6.07 Å². The van der Waals surface area contributed by atoms with Gasteiger partial charge in [0.15, 0.2) is 12.4 Å². The van der Waals surface area contributed by atoms with Crippen LogP contribution in [0.5, 0.6) is 11.5 Å². The van der Waals surface area contributed by atoms with E-state index in [0.29, 0.717) is 28.6 Å². The zero-order valence-electron chi connectivity index (χ0n) is 20.5. The number of non-ortho nitro benzene ring substituents is 1. The molecule has 12 heteroatoms. The Labute approximate surface area is 221 Å². The molecular weight excluding hydrogens is 508 g/mol. The fourth-order valence-corrected chi connectivity index (χ4v) is 5.50. The molecule has 0 unspecified atom stereocenters. The SMILES string of the molecule is COc1cc(OCC(=O)Nc2cccc([N+](=O)[O-])c2)ccc1/C=N/Nc1ncnc2sc3c(c12)CCCC3. The second-order valence-corrected chi connectivity index (χ2v) is 9.61. The molecule has 0 spiro atoms. The van der Waals surface area contributed by atoms with Crippen molar-refractivity contribution in [2.45, 2.75) is 25.7 Å². The van der Waals surface area contributed by atoms with Crippen LogP contribution in [0.2, 0.25) is 0 Å². The van der Waals surface area contributed by atoms with Gasteiger partial charge in [0.05, 0.1) is 23.6 Å². The van der Waals surface area contributed by atoms with Crippen molar-refractivity contribution in [2.24, 2.45) is 5.10 Å². The van der Waals surface area contributed by atoms with Gasteiger partial charge in [0.25, 0.3) is 11.6 Å². The van der Waals surface area contributed by atoms with Crippen molar-refractivity contribution in [3.63, 3.8) is 0 Å². The number of anilines is 2. The highest BCUT2D eigenvalue weighted by Gasteiger charge is 2.19. The highest BCUT2D eigenvalue weighted by molar-refractivity contribution is 7.19. The molecule has 0 radical (unpaired) electrons. The number of hydrogen-bond donors (Lipinski definition) is 2. The average molecular weight is 533 g/mol. The van der Waals surface area contributed by atoms with Crippen LogP contribution in [0.1, 0.15) is 28.8 Å². The summed E-state index contributed by atoms with van der Waals surface area (Å²) < 4.78 is 11.1. The van der Waals surface area contributed by atoms with Gasteiger partial charge in [0, 0.05) is 34.3 Å². The van der Waals surface area contributed by atoms with Crippen LogP contribution in [-0.2, 0) is 17.6 Å². The number of rotatable bonds is 9. The first-order chi connectivity index (χ1) is 18.5. The minimum absolute atomic E-state index is 0.112. The lowest BCUT2D eigenvalue weighted by atomic mass is 9.97. The monoisotopic (exact) mass is 532 g/mol. The summed E-state index contributed by atoms with van der Waals surface area (Å²) in [6, 6.07) is 10.8. The number of benzene rings is 2. The maximum Gasteiger partial charge on any atom is 0.271 e. The zero-order valence-corrected chi connectivity index (χ0v) is 21.3. The van der Waals surface area contributed by atoms with Crippen molar-refractivity contribution in [2.75, 3.05) is 24.5 Å². The van der Waals surface area contributed by atoms with E-state index in [1.807, 2.05) is 0 Å². The Morgan fingerprint density at radius 3 is 2.92 bits per heavy atom. The molecule has 2 N–H and O–H groups in total. The fourth-order valence-electron chi connectivity index (χ4n) is 4.27. The van der Waals surface area contributed by atoms with E-state index < -0.39 is 10.8 Å². The Balaban J connectivity index is 1.23. The molecule has 1 amide bonds. The molecule has 194 valence electrons. The Kier molecular flexibility index (Phi) is 7.40. The first-order valence-electron chi connectivity index (χ1n) is 11.9. The van der Waals surface area contributed by atoms with Crippen molar-refractivity contribution in [3.05, 3.63) is 74.9 Å². The Morgan fingerprint density at radius 2 is 2.08 bits per heavy atom.